The molecule has 1 aromatic rings. The number of aromatic nitrogens is 1. The van der Waals surface area contributed by atoms with Gasteiger partial charge in [0.1, 0.15) is 5.82 Å². The fourth-order valence-corrected chi connectivity index (χ4v) is 2.56. The minimum atomic E-state index is -0.434. The fourth-order valence-electron chi connectivity index (χ4n) is 2.56. The number of nitrogen functional groups attached to an aromatic ring is 1. The van der Waals surface area contributed by atoms with Gasteiger partial charge < -0.3 is 31.5 Å². The van der Waals surface area contributed by atoms with Crippen LogP contribution in [0.3, 0.4) is 0 Å². The molecule has 0 saturated carbocycles. The van der Waals surface area contributed by atoms with E-state index < -0.39 is 6.10 Å². The van der Waals surface area contributed by atoms with Crippen LogP contribution in [0.5, 0.6) is 0 Å². The van der Waals surface area contributed by atoms with Gasteiger partial charge in [0.15, 0.2) is 5.82 Å². The first-order chi connectivity index (χ1) is 9.56. The second kappa shape index (κ2) is 6.25. The van der Waals surface area contributed by atoms with Crippen molar-refractivity contribution in [2.24, 2.45) is 5.73 Å². The summed E-state index contributed by atoms with van der Waals surface area (Å²) in [7, 11) is 1.89. The van der Waals surface area contributed by atoms with E-state index in [2.05, 4.69) is 4.98 Å². The molecule has 2 rings (SSSR count). The number of aliphatic hydroxyl groups excluding tert-OH is 2. The maximum Gasteiger partial charge on any atom is 0.154 e. The molecule has 1 aromatic heterocycles. The molecule has 0 bridgehead atoms. The monoisotopic (exact) mass is 281 g/mol. The molecule has 1 saturated heterocycles. The van der Waals surface area contributed by atoms with Crippen molar-refractivity contribution in [3.05, 3.63) is 12.1 Å². The number of aliphatic hydroxyl groups is 2. The van der Waals surface area contributed by atoms with Crippen LogP contribution in [-0.4, -0.2) is 60.6 Å². The van der Waals surface area contributed by atoms with Crippen LogP contribution in [0, 0.1) is 0 Å². The highest BCUT2D eigenvalue weighted by atomic mass is 16.3. The Balaban J connectivity index is 2.26. The first-order valence-electron chi connectivity index (χ1n) is 6.80. The van der Waals surface area contributed by atoms with Crippen LogP contribution < -0.4 is 21.3 Å². The smallest absolute Gasteiger partial charge is 0.154 e. The minimum absolute atomic E-state index is 0.00289. The Morgan fingerprint density at radius 3 is 2.90 bits per heavy atom. The van der Waals surface area contributed by atoms with Gasteiger partial charge in [0.05, 0.1) is 24.4 Å². The summed E-state index contributed by atoms with van der Waals surface area (Å²) in [6.45, 7) is 1.65. The number of anilines is 3. The SMILES string of the molecule is CN(CCN)c1nc(N2CC(O)CC2CO)ccc1N. The Morgan fingerprint density at radius 1 is 1.50 bits per heavy atom. The van der Waals surface area contributed by atoms with E-state index in [-0.39, 0.29) is 12.6 Å². The molecular weight excluding hydrogens is 258 g/mol. The van der Waals surface area contributed by atoms with Gasteiger partial charge in [0.2, 0.25) is 0 Å². The Morgan fingerprint density at radius 2 is 2.25 bits per heavy atom. The van der Waals surface area contributed by atoms with E-state index in [4.69, 9.17) is 11.5 Å². The van der Waals surface area contributed by atoms with Crippen molar-refractivity contribution in [2.45, 2.75) is 18.6 Å². The van der Waals surface area contributed by atoms with Crippen LogP contribution in [0.1, 0.15) is 6.42 Å². The lowest BCUT2D eigenvalue weighted by atomic mass is 10.2. The fraction of sp³-hybridized carbons (Fsp3) is 0.615. The van der Waals surface area contributed by atoms with E-state index >= 15 is 0 Å². The predicted octanol–water partition coefficient (Wildman–Crippen LogP) is -1.01. The summed E-state index contributed by atoms with van der Waals surface area (Å²) < 4.78 is 0. The number of rotatable bonds is 5. The zero-order valence-corrected chi connectivity index (χ0v) is 11.7. The van der Waals surface area contributed by atoms with Gasteiger partial charge in [-0.2, -0.15) is 0 Å². The van der Waals surface area contributed by atoms with Crippen molar-refractivity contribution in [3.8, 4) is 0 Å². The van der Waals surface area contributed by atoms with Crippen molar-refractivity contribution in [3.63, 3.8) is 0 Å². The van der Waals surface area contributed by atoms with Gasteiger partial charge in [-0.15, -0.1) is 0 Å². The summed E-state index contributed by atoms with van der Waals surface area (Å²) in [6, 6.07) is 3.51. The van der Waals surface area contributed by atoms with Crippen LogP contribution in [0.25, 0.3) is 0 Å². The average molecular weight is 281 g/mol. The second-order valence-corrected chi connectivity index (χ2v) is 5.17. The zero-order valence-electron chi connectivity index (χ0n) is 11.7. The molecule has 1 aliphatic rings. The number of hydrogen-bond acceptors (Lipinski definition) is 7. The van der Waals surface area contributed by atoms with E-state index in [1.54, 1.807) is 6.07 Å². The molecule has 2 unspecified atom stereocenters. The van der Waals surface area contributed by atoms with Crippen LogP contribution in [0.4, 0.5) is 17.3 Å². The lowest BCUT2D eigenvalue weighted by Crippen LogP contribution is -2.34. The molecule has 0 amide bonds. The van der Waals surface area contributed by atoms with E-state index in [1.165, 1.54) is 0 Å². The Labute approximate surface area is 118 Å². The molecule has 1 aliphatic heterocycles. The van der Waals surface area contributed by atoms with Crippen molar-refractivity contribution < 1.29 is 10.2 Å². The quantitative estimate of drug-likeness (QED) is 0.547. The van der Waals surface area contributed by atoms with Crippen molar-refractivity contribution in [1.29, 1.82) is 0 Å². The molecule has 0 aliphatic carbocycles. The number of β-amino-alcohol motifs (C(OH)–C–C–N with tert-alkyl or cyclic N) is 1. The second-order valence-electron chi connectivity index (χ2n) is 5.17. The van der Waals surface area contributed by atoms with E-state index in [9.17, 15) is 10.2 Å². The number of hydrogen-bond donors (Lipinski definition) is 4. The third kappa shape index (κ3) is 2.95. The molecule has 1 fully saturated rings. The third-order valence-electron chi connectivity index (χ3n) is 3.61. The molecule has 7 nitrogen and oxygen atoms in total. The zero-order chi connectivity index (χ0) is 14.7. The van der Waals surface area contributed by atoms with E-state index in [0.717, 1.165) is 0 Å². The predicted molar refractivity (Wildman–Crippen MR) is 79.8 cm³/mol. The summed E-state index contributed by atoms with van der Waals surface area (Å²) in [5.74, 6) is 1.39. The molecule has 0 spiro atoms. The van der Waals surface area contributed by atoms with Gasteiger partial charge in [-0.05, 0) is 18.6 Å². The lowest BCUT2D eigenvalue weighted by Gasteiger charge is -2.26. The van der Waals surface area contributed by atoms with Crippen LogP contribution >= 0.6 is 0 Å². The molecule has 2 atom stereocenters. The van der Waals surface area contributed by atoms with Gasteiger partial charge in [-0.1, -0.05) is 0 Å². The van der Waals surface area contributed by atoms with Crippen molar-refractivity contribution >= 4 is 17.3 Å². The van der Waals surface area contributed by atoms with Gasteiger partial charge in [-0.25, -0.2) is 4.98 Å². The van der Waals surface area contributed by atoms with Gasteiger partial charge >= 0.3 is 0 Å². The van der Waals surface area contributed by atoms with Gasteiger partial charge in [0, 0.05) is 26.7 Å². The van der Waals surface area contributed by atoms with Gasteiger partial charge in [0.25, 0.3) is 0 Å². The number of nitrogens with zero attached hydrogens (tertiary/aromatic N) is 3. The third-order valence-corrected chi connectivity index (χ3v) is 3.61. The number of pyridine rings is 1. The Kier molecular flexibility index (Phi) is 4.64. The van der Waals surface area contributed by atoms with Crippen molar-refractivity contribution in [1.82, 2.24) is 4.98 Å². The maximum absolute atomic E-state index is 9.75. The first-order valence-corrected chi connectivity index (χ1v) is 6.80. The van der Waals surface area contributed by atoms with Crippen LogP contribution in [-0.2, 0) is 0 Å². The number of likely N-dealkylation sites (N-methyl/N-ethyl adjacent to an activating group) is 1. The average Bonchev–Trinajstić information content (AvgIpc) is 2.80. The summed E-state index contributed by atoms with van der Waals surface area (Å²) in [4.78, 5) is 8.38. The Hall–Kier alpha value is -1.57. The van der Waals surface area contributed by atoms with Crippen molar-refractivity contribution in [2.75, 3.05) is 48.8 Å². The Bertz CT molecular complexity index is 456. The summed E-state index contributed by atoms with van der Waals surface area (Å²) in [5.41, 5.74) is 12.1. The van der Waals surface area contributed by atoms with E-state index in [0.29, 0.717) is 43.4 Å². The molecule has 0 aromatic carbocycles. The molecular formula is C13H23N5O2. The first kappa shape index (κ1) is 14.8. The molecule has 112 valence electrons. The maximum atomic E-state index is 9.75. The summed E-state index contributed by atoms with van der Waals surface area (Å²) in [5, 5.41) is 19.1. The highest BCUT2D eigenvalue weighted by Gasteiger charge is 2.31. The minimum Gasteiger partial charge on any atom is -0.396 e. The normalized spacial score (nSPS) is 22.3. The molecule has 0 radical (unpaired) electrons. The summed E-state index contributed by atoms with van der Waals surface area (Å²) in [6.07, 6.45) is 0.119. The van der Waals surface area contributed by atoms with Crippen LogP contribution in [0.15, 0.2) is 12.1 Å². The highest BCUT2D eigenvalue weighted by molar-refractivity contribution is 5.66. The molecule has 20 heavy (non-hydrogen) atoms. The van der Waals surface area contributed by atoms with E-state index in [1.807, 2.05) is 22.9 Å². The molecule has 7 heteroatoms. The number of nitrogens with two attached hydrogens (primary N) is 2. The molecule has 6 N–H and O–H groups in total. The lowest BCUT2D eigenvalue weighted by molar-refractivity contribution is 0.184. The topological polar surface area (TPSA) is 112 Å². The highest BCUT2D eigenvalue weighted by Crippen LogP contribution is 2.28. The largest absolute Gasteiger partial charge is 0.396 e. The summed E-state index contributed by atoms with van der Waals surface area (Å²) >= 11 is 0. The van der Waals surface area contributed by atoms with Crippen LogP contribution in [0.2, 0.25) is 0 Å². The standard InChI is InChI=1S/C13H23N5O2/c1-17(5-4-14)13-11(15)2-3-12(16-13)18-7-10(20)6-9(18)8-19/h2-3,9-10,19-20H,4-8,14-15H2,1H3. The molecule has 2 heterocycles. The van der Waals surface area contributed by atoms with Gasteiger partial charge in [-0.3, -0.25) is 0 Å².